The molecule has 1 aromatic rings. The van der Waals surface area contributed by atoms with Crippen LogP contribution in [-0.4, -0.2) is 29.8 Å². The highest BCUT2D eigenvalue weighted by Crippen LogP contribution is 2.37. The molecule has 1 fully saturated rings. The lowest BCUT2D eigenvalue weighted by atomic mass is 9.92. The molecule has 0 unspecified atom stereocenters. The van der Waals surface area contributed by atoms with Gasteiger partial charge < -0.3 is 15.2 Å². The molecule has 1 aliphatic heterocycles. The van der Waals surface area contributed by atoms with Gasteiger partial charge in [0.05, 0.1) is 21.5 Å². The van der Waals surface area contributed by atoms with Crippen molar-refractivity contribution in [2.75, 3.05) is 13.1 Å². The number of benzene rings is 1. The molecule has 1 saturated heterocycles. The molecule has 2 rings (SSSR count). The first-order valence-corrected chi connectivity index (χ1v) is 6.31. The van der Waals surface area contributed by atoms with E-state index in [0.717, 1.165) is 0 Å². The number of carboxylic acids is 1. The molecule has 2 N–H and O–H groups in total. The number of carbonyl (C=O) groups is 1. The predicted octanol–water partition coefficient (Wildman–Crippen LogP) is 2.84. The quantitative estimate of drug-likeness (QED) is 0.840. The summed E-state index contributed by atoms with van der Waals surface area (Å²) >= 11 is 17.7. The van der Waals surface area contributed by atoms with E-state index in [1.165, 1.54) is 12.1 Å². The zero-order valence-corrected chi connectivity index (χ0v) is 11.4. The van der Waals surface area contributed by atoms with Gasteiger partial charge in [-0.05, 0) is 6.07 Å². The molecule has 7 heteroatoms. The first kappa shape index (κ1) is 13.7. The van der Waals surface area contributed by atoms with Crippen LogP contribution in [0.1, 0.15) is 6.42 Å². The summed E-state index contributed by atoms with van der Waals surface area (Å²) in [5, 5.41) is 12.8. The van der Waals surface area contributed by atoms with Gasteiger partial charge in [-0.1, -0.05) is 34.8 Å². The van der Waals surface area contributed by atoms with Crippen LogP contribution in [0.3, 0.4) is 0 Å². The Morgan fingerprint density at radius 3 is 2.39 bits per heavy atom. The summed E-state index contributed by atoms with van der Waals surface area (Å²) < 4.78 is 5.70. The van der Waals surface area contributed by atoms with Crippen molar-refractivity contribution in [1.29, 1.82) is 0 Å². The SMILES string of the molecule is O=C(O)CC1(Oc2cc(Cl)c(Cl)cc2Cl)CNC1. The number of halogens is 3. The Hall–Kier alpha value is -0.680. The molecule has 1 aromatic carbocycles. The third kappa shape index (κ3) is 2.83. The molecule has 4 nitrogen and oxygen atoms in total. The predicted molar refractivity (Wildman–Crippen MR) is 70.0 cm³/mol. The Labute approximate surface area is 119 Å². The summed E-state index contributed by atoms with van der Waals surface area (Å²) in [6.07, 6.45) is -0.101. The molecule has 98 valence electrons. The summed E-state index contributed by atoms with van der Waals surface area (Å²) in [6, 6.07) is 2.97. The Balaban J connectivity index is 2.22. The van der Waals surface area contributed by atoms with E-state index in [2.05, 4.69) is 5.32 Å². The summed E-state index contributed by atoms with van der Waals surface area (Å²) in [5.41, 5.74) is -0.771. The van der Waals surface area contributed by atoms with E-state index in [9.17, 15) is 4.79 Å². The molecule has 0 radical (unpaired) electrons. The monoisotopic (exact) mass is 309 g/mol. The first-order valence-electron chi connectivity index (χ1n) is 5.18. The van der Waals surface area contributed by atoms with Crippen molar-refractivity contribution in [1.82, 2.24) is 5.32 Å². The lowest BCUT2D eigenvalue weighted by Gasteiger charge is -2.41. The third-order valence-electron chi connectivity index (χ3n) is 2.67. The minimum absolute atomic E-state index is 0.101. The number of hydrogen-bond acceptors (Lipinski definition) is 3. The molecule has 1 heterocycles. The Kier molecular flexibility index (Phi) is 3.92. The van der Waals surface area contributed by atoms with Crippen LogP contribution in [-0.2, 0) is 4.79 Å². The maximum atomic E-state index is 10.8. The van der Waals surface area contributed by atoms with Gasteiger partial charge in [-0.15, -0.1) is 0 Å². The minimum Gasteiger partial charge on any atom is -0.482 e. The summed E-state index contributed by atoms with van der Waals surface area (Å²) in [5.74, 6) is -0.582. The molecule has 0 amide bonds. The van der Waals surface area contributed by atoms with Crippen LogP contribution in [0.5, 0.6) is 5.75 Å². The fraction of sp³-hybridized carbons (Fsp3) is 0.364. The number of hydrogen-bond donors (Lipinski definition) is 2. The van der Waals surface area contributed by atoms with Crippen molar-refractivity contribution in [3.05, 3.63) is 27.2 Å². The average Bonchev–Trinajstić information content (AvgIpc) is 2.22. The zero-order chi connectivity index (χ0) is 13.3. The van der Waals surface area contributed by atoms with Gasteiger partial charge >= 0.3 is 5.97 Å². The Morgan fingerprint density at radius 2 is 1.89 bits per heavy atom. The van der Waals surface area contributed by atoms with Gasteiger partial charge in [-0.25, -0.2) is 0 Å². The molecule has 18 heavy (non-hydrogen) atoms. The van der Waals surface area contributed by atoms with Crippen LogP contribution in [0.4, 0.5) is 0 Å². The normalized spacial score (nSPS) is 17.1. The van der Waals surface area contributed by atoms with Crippen LogP contribution in [0.25, 0.3) is 0 Å². The van der Waals surface area contributed by atoms with Gasteiger partial charge in [0.15, 0.2) is 0 Å². The highest BCUT2D eigenvalue weighted by atomic mass is 35.5. The molecule has 0 bridgehead atoms. The molecule has 0 aromatic heterocycles. The molecule has 0 saturated carbocycles. The molecular formula is C11H10Cl3NO3. The molecule has 0 aliphatic carbocycles. The van der Waals surface area contributed by atoms with Crippen molar-refractivity contribution >= 4 is 40.8 Å². The fourth-order valence-corrected chi connectivity index (χ4v) is 2.30. The Morgan fingerprint density at radius 1 is 1.28 bits per heavy atom. The van der Waals surface area contributed by atoms with E-state index in [4.69, 9.17) is 44.6 Å². The third-order valence-corrected chi connectivity index (χ3v) is 3.69. The van der Waals surface area contributed by atoms with Gasteiger partial charge in [-0.3, -0.25) is 4.79 Å². The highest BCUT2D eigenvalue weighted by molar-refractivity contribution is 6.43. The number of aliphatic carboxylic acids is 1. The van der Waals surface area contributed by atoms with E-state index in [-0.39, 0.29) is 6.42 Å². The van der Waals surface area contributed by atoms with Crippen LogP contribution < -0.4 is 10.1 Å². The van der Waals surface area contributed by atoms with Crippen molar-refractivity contribution in [2.45, 2.75) is 12.0 Å². The summed E-state index contributed by atoms with van der Waals surface area (Å²) in [4.78, 5) is 10.8. The molecule has 0 atom stereocenters. The highest BCUT2D eigenvalue weighted by Gasteiger charge is 2.42. The number of ether oxygens (including phenoxy) is 1. The van der Waals surface area contributed by atoms with Crippen molar-refractivity contribution in [3.63, 3.8) is 0 Å². The standard InChI is InChI=1S/C11H10Cl3NO3/c12-6-1-8(14)9(2-7(6)13)18-11(3-10(16)17)4-15-5-11/h1-2,15H,3-5H2,(H,16,17). The number of carboxylic acid groups (broad SMARTS) is 1. The molecular weight excluding hydrogens is 300 g/mol. The number of rotatable bonds is 4. The van der Waals surface area contributed by atoms with Crippen molar-refractivity contribution < 1.29 is 14.6 Å². The topological polar surface area (TPSA) is 58.6 Å². The van der Waals surface area contributed by atoms with Gasteiger partial charge in [0.1, 0.15) is 11.4 Å². The van der Waals surface area contributed by atoms with E-state index < -0.39 is 11.6 Å². The van der Waals surface area contributed by atoms with Crippen LogP contribution in [0, 0.1) is 0 Å². The van der Waals surface area contributed by atoms with E-state index in [1.807, 2.05) is 0 Å². The molecule has 0 spiro atoms. The van der Waals surface area contributed by atoms with E-state index in [1.54, 1.807) is 0 Å². The Bertz CT molecular complexity index is 489. The lowest BCUT2D eigenvalue weighted by molar-refractivity contribution is -0.143. The van der Waals surface area contributed by atoms with E-state index in [0.29, 0.717) is 33.9 Å². The largest absolute Gasteiger partial charge is 0.482 e. The second-order valence-corrected chi connectivity index (χ2v) is 5.38. The van der Waals surface area contributed by atoms with Gasteiger partial charge in [0.2, 0.25) is 0 Å². The van der Waals surface area contributed by atoms with Crippen LogP contribution >= 0.6 is 34.8 Å². The van der Waals surface area contributed by atoms with Crippen molar-refractivity contribution in [3.8, 4) is 5.75 Å². The maximum absolute atomic E-state index is 10.8. The second-order valence-electron chi connectivity index (χ2n) is 4.16. The second kappa shape index (κ2) is 5.13. The van der Waals surface area contributed by atoms with Crippen molar-refractivity contribution in [2.24, 2.45) is 0 Å². The number of nitrogens with one attached hydrogen (secondary N) is 1. The van der Waals surface area contributed by atoms with Gasteiger partial charge in [-0.2, -0.15) is 0 Å². The van der Waals surface area contributed by atoms with Crippen LogP contribution in [0.15, 0.2) is 12.1 Å². The molecule has 1 aliphatic rings. The first-order chi connectivity index (χ1) is 8.42. The fourth-order valence-electron chi connectivity index (χ4n) is 1.73. The summed E-state index contributed by atoms with van der Waals surface area (Å²) in [6.45, 7) is 0.908. The van der Waals surface area contributed by atoms with Crippen LogP contribution in [0.2, 0.25) is 15.1 Å². The van der Waals surface area contributed by atoms with Gasteiger partial charge in [0.25, 0.3) is 0 Å². The minimum atomic E-state index is -0.923. The van der Waals surface area contributed by atoms with E-state index >= 15 is 0 Å². The smallest absolute Gasteiger partial charge is 0.307 e. The van der Waals surface area contributed by atoms with Gasteiger partial charge in [0, 0.05) is 19.2 Å². The summed E-state index contributed by atoms with van der Waals surface area (Å²) in [7, 11) is 0. The zero-order valence-electron chi connectivity index (χ0n) is 9.17. The maximum Gasteiger partial charge on any atom is 0.307 e. The lowest BCUT2D eigenvalue weighted by Crippen LogP contribution is -2.64. The average molecular weight is 311 g/mol.